The molecule has 0 aliphatic carbocycles. The van der Waals surface area contributed by atoms with Crippen molar-refractivity contribution in [3.63, 3.8) is 0 Å². The first-order valence-electron chi connectivity index (χ1n) is 9.56. The Hall–Kier alpha value is -2.48. The molecule has 10 heteroatoms. The molecule has 2 aromatic heterocycles. The van der Waals surface area contributed by atoms with Gasteiger partial charge < -0.3 is 24.1 Å². The first-order chi connectivity index (χ1) is 14.0. The minimum atomic E-state index is -3.14. The molecule has 2 N–H and O–H groups in total. The first-order valence-corrected chi connectivity index (χ1v) is 11.3. The average molecular weight is 419 g/mol. The summed E-state index contributed by atoms with van der Waals surface area (Å²) in [5, 5.41) is 0. The van der Waals surface area contributed by atoms with E-state index in [1.54, 1.807) is 20.2 Å². The van der Waals surface area contributed by atoms with E-state index < -0.39 is 7.60 Å². The smallest absolute Gasteiger partial charge is 0.335 e. The Morgan fingerprint density at radius 1 is 1.14 bits per heavy atom. The van der Waals surface area contributed by atoms with Crippen molar-refractivity contribution in [3.8, 4) is 5.75 Å². The number of ether oxygens (including phenoxy) is 1. The number of rotatable bonds is 11. The highest BCUT2D eigenvalue weighted by molar-refractivity contribution is 7.53. The zero-order chi connectivity index (χ0) is 20.7. The predicted molar refractivity (Wildman–Crippen MR) is 111 cm³/mol. The Kier molecular flexibility index (Phi) is 7.19. The predicted octanol–water partition coefficient (Wildman–Crippen LogP) is 3.64. The third-order valence-corrected chi connectivity index (χ3v) is 6.22. The number of nitrogens with two attached hydrogens (primary N) is 1. The summed E-state index contributed by atoms with van der Waals surface area (Å²) < 4.78 is 31.2. The van der Waals surface area contributed by atoms with Gasteiger partial charge >= 0.3 is 7.60 Å². The molecule has 0 aliphatic heterocycles. The molecule has 3 aromatic rings. The van der Waals surface area contributed by atoms with E-state index in [0.29, 0.717) is 49.1 Å². The van der Waals surface area contributed by atoms with Gasteiger partial charge in [-0.15, -0.1) is 0 Å². The molecule has 0 spiro atoms. The van der Waals surface area contributed by atoms with Gasteiger partial charge in [0.2, 0.25) is 0 Å². The quantitative estimate of drug-likeness (QED) is 0.370. The van der Waals surface area contributed by atoms with E-state index in [1.165, 1.54) is 6.33 Å². The van der Waals surface area contributed by atoms with Gasteiger partial charge in [0.05, 0.1) is 32.3 Å². The molecule has 3 rings (SSSR count). The van der Waals surface area contributed by atoms with E-state index in [0.717, 1.165) is 12.0 Å². The second-order valence-corrected chi connectivity index (χ2v) is 8.38. The zero-order valence-electron chi connectivity index (χ0n) is 16.7. The van der Waals surface area contributed by atoms with Gasteiger partial charge in [0, 0.05) is 6.54 Å². The lowest BCUT2D eigenvalue weighted by atomic mass is 10.2. The summed E-state index contributed by atoms with van der Waals surface area (Å²) in [6.45, 7) is 5.48. The van der Waals surface area contributed by atoms with E-state index in [-0.39, 0.29) is 6.16 Å². The number of hydrogen-bond acceptors (Lipinski definition) is 8. The summed E-state index contributed by atoms with van der Waals surface area (Å²) >= 11 is 0. The van der Waals surface area contributed by atoms with E-state index in [9.17, 15) is 4.57 Å². The number of aryl methyl sites for hydroxylation is 1. The van der Waals surface area contributed by atoms with Crippen molar-refractivity contribution in [1.29, 1.82) is 0 Å². The second-order valence-electron chi connectivity index (χ2n) is 6.32. The van der Waals surface area contributed by atoms with Crippen LogP contribution in [0.4, 0.5) is 5.82 Å². The molecule has 0 amide bonds. The Labute approximate surface area is 169 Å². The van der Waals surface area contributed by atoms with Crippen LogP contribution in [0.15, 0.2) is 36.9 Å². The largest absolute Gasteiger partial charge is 0.494 e. The van der Waals surface area contributed by atoms with E-state index in [1.807, 2.05) is 28.8 Å². The van der Waals surface area contributed by atoms with Crippen LogP contribution in [-0.2, 0) is 26.3 Å². The monoisotopic (exact) mass is 419 g/mol. The van der Waals surface area contributed by atoms with Gasteiger partial charge in [-0.25, -0.2) is 15.0 Å². The Morgan fingerprint density at radius 2 is 1.93 bits per heavy atom. The maximum Gasteiger partial charge on any atom is 0.335 e. The lowest BCUT2D eigenvalue weighted by Gasteiger charge is -2.17. The van der Waals surface area contributed by atoms with Crippen LogP contribution in [0.25, 0.3) is 11.2 Å². The van der Waals surface area contributed by atoms with Crippen molar-refractivity contribution in [3.05, 3.63) is 42.5 Å². The summed E-state index contributed by atoms with van der Waals surface area (Å²) in [7, 11) is -3.14. The van der Waals surface area contributed by atoms with Crippen LogP contribution < -0.4 is 10.5 Å². The lowest BCUT2D eigenvalue weighted by Crippen LogP contribution is -2.05. The van der Waals surface area contributed by atoms with Crippen molar-refractivity contribution < 1.29 is 18.3 Å². The molecule has 0 atom stereocenters. The average Bonchev–Trinajstić information content (AvgIpc) is 3.10. The molecule has 0 unspecified atom stereocenters. The molecule has 0 saturated heterocycles. The summed E-state index contributed by atoms with van der Waals surface area (Å²) in [6, 6.07) is 7.50. The Morgan fingerprint density at radius 3 is 2.69 bits per heavy atom. The minimum absolute atomic E-state index is 0.216. The normalized spacial score (nSPS) is 11.8. The highest BCUT2D eigenvalue weighted by atomic mass is 31.2. The van der Waals surface area contributed by atoms with Crippen LogP contribution in [0, 0.1) is 0 Å². The number of imidazole rings is 1. The number of aromatic nitrogens is 4. The molecule has 0 radical (unpaired) electrons. The molecule has 1 aromatic carbocycles. The first kappa shape index (κ1) is 21.2. The minimum Gasteiger partial charge on any atom is -0.494 e. The maximum absolute atomic E-state index is 12.7. The molecule has 9 nitrogen and oxygen atoms in total. The summed E-state index contributed by atoms with van der Waals surface area (Å²) in [5.74, 6) is 1.09. The Bertz CT molecular complexity index is 984. The van der Waals surface area contributed by atoms with Crippen LogP contribution in [0.3, 0.4) is 0 Å². The van der Waals surface area contributed by atoms with Gasteiger partial charge in [-0.3, -0.25) is 4.57 Å². The standard InChI is InChI=1S/C19H26N5O4P/c1-3-27-29(25,28-4-2)12-15-7-5-8-16(11-15)26-10-6-9-24-14-23-17-18(20)21-13-22-19(17)24/h5,7-8,11,13-14H,3-4,6,9-10,12H2,1-2H3,(H2,20,21,22). The fraction of sp³-hybridized carbons (Fsp3) is 0.421. The summed E-state index contributed by atoms with van der Waals surface area (Å²) in [5.41, 5.74) is 7.97. The molecule has 29 heavy (non-hydrogen) atoms. The number of fused-ring (bicyclic) bond motifs is 1. The van der Waals surface area contributed by atoms with E-state index >= 15 is 0 Å². The number of hydrogen-bond donors (Lipinski definition) is 1. The molecular formula is C19H26N5O4P. The van der Waals surface area contributed by atoms with Gasteiger partial charge in [-0.05, 0) is 38.0 Å². The number of benzene rings is 1. The third kappa shape index (κ3) is 5.53. The van der Waals surface area contributed by atoms with Crippen LogP contribution >= 0.6 is 7.60 Å². The van der Waals surface area contributed by atoms with Crippen molar-refractivity contribution in [1.82, 2.24) is 19.5 Å². The van der Waals surface area contributed by atoms with Gasteiger partial charge in [0.15, 0.2) is 11.5 Å². The molecule has 0 aliphatic rings. The van der Waals surface area contributed by atoms with Gasteiger partial charge in [-0.1, -0.05) is 12.1 Å². The number of nitrogens with zero attached hydrogens (tertiary/aromatic N) is 4. The van der Waals surface area contributed by atoms with Crippen molar-refractivity contribution >= 4 is 24.6 Å². The molecular weight excluding hydrogens is 393 g/mol. The molecule has 156 valence electrons. The molecule has 0 fully saturated rings. The number of anilines is 1. The van der Waals surface area contributed by atoms with Crippen LogP contribution in [0.2, 0.25) is 0 Å². The van der Waals surface area contributed by atoms with Gasteiger partial charge in [-0.2, -0.15) is 0 Å². The summed E-state index contributed by atoms with van der Waals surface area (Å²) in [4.78, 5) is 12.4. The van der Waals surface area contributed by atoms with Crippen LogP contribution in [-0.4, -0.2) is 39.3 Å². The van der Waals surface area contributed by atoms with Crippen molar-refractivity contribution in [2.24, 2.45) is 0 Å². The third-order valence-electron chi connectivity index (χ3n) is 4.17. The SMILES string of the molecule is CCOP(=O)(Cc1cccc(OCCCn2cnc3c(N)ncnc32)c1)OCC. The van der Waals surface area contributed by atoms with Crippen molar-refractivity contribution in [2.45, 2.75) is 33.0 Å². The van der Waals surface area contributed by atoms with Gasteiger partial charge in [0.25, 0.3) is 0 Å². The lowest BCUT2D eigenvalue weighted by molar-refractivity contribution is 0.219. The number of nitrogen functional groups attached to an aromatic ring is 1. The molecule has 2 heterocycles. The van der Waals surface area contributed by atoms with Crippen LogP contribution in [0.5, 0.6) is 5.75 Å². The molecule has 0 saturated carbocycles. The molecule has 0 bridgehead atoms. The highest BCUT2D eigenvalue weighted by Gasteiger charge is 2.24. The van der Waals surface area contributed by atoms with E-state index in [2.05, 4.69) is 15.0 Å². The van der Waals surface area contributed by atoms with E-state index in [4.69, 9.17) is 19.5 Å². The fourth-order valence-electron chi connectivity index (χ4n) is 2.97. The zero-order valence-corrected chi connectivity index (χ0v) is 17.5. The topological polar surface area (TPSA) is 114 Å². The second kappa shape index (κ2) is 9.82. The maximum atomic E-state index is 12.7. The van der Waals surface area contributed by atoms with Gasteiger partial charge in [0.1, 0.15) is 17.6 Å². The van der Waals surface area contributed by atoms with Crippen LogP contribution in [0.1, 0.15) is 25.8 Å². The fourth-order valence-corrected chi connectivity index (χ4v) is 4.65. The Balaban J connectivity index is 1.55. The summed E-state index contributed by atoms with van der Waals surface area (Å²) in [6.07, 6.45) is 4.11. The van der Waals surface area contributed by atoms with Crippen molar-refractivity contribution in [2.75, 3.05) is 25.6 Å². The highest BCUT2D eigenvalue weighted by Crippen LogP contribution is 2.51.